The lowest BCUT2D eigenvalue weighted by molar-refractivity contribution is 0.303. The smallest absolute Gasteiger partial charge is 0.122 e. The highest BCUT2D eigenvalue weighted by Crippen LogP contribution is 2.30. The van der Waals surface area contributed by atoms with Crippen molar-refractivity contribution < 1.29 is 9.47 Å². The fourth-order valence-corrected chi connectivity index (χ4v) is 3.51. The van der Waals surface area contributed by atoms with E-state index in [1.165, 1.54) is 48.4 Å². The molecule has 0 aliphatic carbocycles. The molecule has 0 bridgehead atoms. The van der Waals surface area contributed by atoms with Crippen molar-refractivity contribution in [3.63, 3.8) is 0 Å². The van der Waals surface area contributed by atoms with Gasteiger partial charge in [-0.3, -0.25) is 0 Å². The summed E-state index contributed by atoms with van der Waals surface area (Å²) in [7, 11) is 0. The second-order valence-corrected chi connectivity index (χ2v) is 7.73. The summed E-state index contributed by atoms with van der Waals surface area (Å²) in [5, 5.41) is 3.60. The zero-order valence-electron chi connectivity index (χ0n) is 16.4. The first-order valence-corrected chi connectivity index (χ1v) is 11.2. The van der Waals surface area contributed by atoms with Crippen molar-refractivity contribution in [2.45, 2.75) is 65.2 Å². The average molecular weight is 421 g/mol. The number of fused-ring (bicyclic) bond motifs is 1. The third kappa shape index (κ3) is 6.83. The van der Waals surface area contributed by atoms with Crippen LogP contribution in [0.15, 0.2) is 30.3 Å². The molecular weight excluding hydrogens is 388 g/mol. The van der Waals surface area contributed by atoms with Gasteiger partial charge in [-0.15, -0.1) is 0 Å². The predicted octanol–water partition coefficient (Wildman–Crippen LogP) is 7.44. The van der Waals surface area contributed by atoms with Crippen LogP contribution in [0.1, 0.15) is 63.9 Å². The standard InChI is InChI=1S/C23H33BrO2/c1-3-4-16-25-21-12-13-22-19(2)23(14-11-20(22)18-21)26-17-10-8-6-5-7-9-15-24/h11-14,18H,3-10,15-17H2,1-2H3. The third-order valence-corrected chi connectivity index (χ3v) is 5.32. The number of aryl methyl sites for hydroxylation is 1. The molecule has 2 nitrogen and oxygen atoms in total. The van der Waals surface area contributed by atoms with E-state index < -0.39 is 0 Å². The molecule has 0 aliphatic rings. The van der Waals surface area contributed by atoms with Crippen LogP contribution in [0.25, 0.3) is 10.8 Å². The van der Waals surface area contributed by atoms with Crippen LogP contribution in [-0.2, 0) is 0 Å². The van der Waals surface area contributed by atoms with Gasteiger partial charge in [0.05, 0.1) is 13.2 Å². The summed E-state index contributed by atoms with van der Waals surface area (Å²) >= 11 is 3.48. The van der Waals surface area contributed by atoms with Gasteiger partial charge in [0, 0.05) is 5.33 Å². The summed E-state index contributed by atoms with van der Waals surface area (Å²) in [6.45, 7) is 5.93. The highest BCUT2D eigenvalue weighted by Gasteiger charge is 2.06. The van der Waals surface area contributed by atoms with Crippen molar-refractivity contribution in [3.8, 4) is 11.5 Å². The summed E-state index contributed by atoms with van der Waals surface area (Å²) in [5.74, 6) is 1.97. The summed E-state index contributed by atoms with van der Waals surface area (Å²) in [5.41, 5.74) is 1.22. The van der Waals surface area contributed by atoms with E-state index in [9.17, 15) is 0 Å². The minimum atomic E-state index is 0.790. The van der Waals surface area contributed by atoms with Crippen molar-refractivity contribution in [2.75, 3.05) is 18.5 Å². The van der Waals surface area contributed by atoms with Crippen LogP contribution in [0.4, 0.5) is 0 Å². The van der Waals surface area contributed by atoms with E-state index in [1.54, 1.807) is 0 Å². The van der Waals surface area contributed by atoms with Gasteiger partial charge in [-0.1, -0.05) is 67.1 Å². The van der Waals surface area contributed by atoms with E-state index in [0.717, 1.165) is 49.3 Å². The second-order valence-electron chi connectivity index (χ2n) is 6.93. The number of hydrogen-bond acceptors (Lipinski definition) is 2. The van der Waals surface area contributed by atoms with Gasteiger partial charge in [0.1, 0.15) is 11.5 Å². The molecule has 0 saturated heterocycles. The minimum Gasteiger partial charge on any atom is -0.494 e. The molecule has 0 saturated carbocycles. The first kappa shape index (κ1) is 21.1. The van der Waals surface area contributed by atoms with Crippen LogP contribution < -0.4 is 9.47 Å². The molecule has 144 valence electrons. The average Bonchev–Trinajstić information content (AvgIpc) is 2.66. The second kappa shape index (κ2) is 12.2. The number of ether oxygens (including phenoxy) is 2. The van der Waals surface area contributed by atoms with Gasteiger partial charge in [-0.25, -0.2) is 0 Å². The van der Waals surface area contributed by atoms with E-state index in [1.807, 2.05) is 0 Å². The molecule has 0 amide bonds. The first-order valence-electron chi connectivity index (χ1n) is 10.1. The van der Waals surface area contributed by atoms with Crippen LogP contribution in [0, 0.1) is 6.92 Å². The Hall–Kier alpha value is -1.22. The Balaban J connectivity index is 1.83. The Kier molecular flexibility index (Phi) is 9.91. The topological polar surface area (TPSA) is 18.5 Å². The van der Waals surface area contributed by atoms with Gasteiger partial charge in [0.25, 0.3) is 0 Å². The van der Waals surface area contributed by atoms with E-state index in [0.29, 0.717) is 0 Å². The van der Waals surface area contributed by atoms with Crippen LogP contribution in [0.2, 0.25) is 0 Å². The summed E-state index contributed by atoms with van der Waals surface area (Å²) in [6, 6.07) is 10.6. The number of alkyl halides is 1. The maximum absolute atomic E-state index is 6.04. The monoisotopic (exact) mass is 420 g/mol. The van der Waals surface area contributed by atoms with Crippen molar-refractivity contribution in [2.24, 2.45) is 0 Å². The fraction of sp³-hybridized carbons (Fsp3) is 0.565. The van der Waals surface area contributed by atoms with Crippen LogP contribution in [0.3, 0.4) is 0 Å². The number of halogens is 1. The Morgan fingerprint density at radius 3 is 2.31 bits per heavy atom. The maximum atomic E-state index is 6.04. The molecule has 0 radical (unpaired) electrons. The third-order valence-electron chi connectivity index (χ3n) is 4.76. The van der Waals surface area contributed by atoms with Crippen LogP contribution >= 0.6 is 15.9 Å². The van der Waals surface area contributed by atoms with Crippen molar-refractivity contribution >= 4 is 26.7 Å². The summed E-state index contributed by atoms with van der Waals surface area (Å²) in [4.78, 5) is 0. The molecule has 0 heterocycles. The normalized spacial score (nSPS) is 11.0. The highest BCUT2D eigenvalue weighted by molar-refractivity contribution is 9.09. The molecule has 0 unspecified atom stereocenters. The predicted molar refractivity (Wildman–Crippen MR) is 116 cm³/mol. The summed E-state index contributed by atoms with van der Waals surface area (Å²) in [6.07, 6.45) is 9.92. The van der Waals surface area contributed by atoms with Crippen molar-refractivity contribution in [3.05, 3.63) is 35.9 Å². The molecule has 0 spiro atoms. The van der Waals surface area contributed by atoms with Gasteiger partial charge in [0.15, 0.2) is 0 Å². The van der Waals surface area contributed by atoms with Gasteiger partial charge >= 0.3 is 0 Å². The molecule has 26 heavy (non-hydrogen) atoms. The molecule has 0 N–H and O–H groups in total. The SMILES string of the molecule is CCCCOc1ccc2c(C)c(OCCCCCCCCBr)ccc2c1. The van der Waals surface area contributed by atoms with E-state index in [-0.39, 0.29) is 0 Å². The van der Waals surface area contributed by atoms with Crippen molar-refractivity contribution in [1.29, 1.82) is 0 Å². The molecule has 2 rings (SSSR count). The Morgan fingerprint density at radius 1 is 0.808 bits per heavy atom. The zero-order valence-corrected chi connectivity index (χ0v) is 17.9. The molecule has 2 aromatic rings. The number of benzene rings is 2. The zero-order chi connectivity index (χ0) is 18.6. The molecule has 2 aromatic carbocycles. The maximum Gasteiger partial charge on any atom is 0.122 e. The molecule has 0 atom stereocenters. The van der Waals surface area contributed by atoms with Gasteiger partial charge in [-0.2, -0.15) is 0 Å². The lowest BCUT2D eigenvalue weighted by Gasteiger charge is -2.13. The molecule has 0 aliphatic heterocycles. The lowest BCUT2D eigenvalue weighted by atomic mass is 10.0. The summed E-state index contributed by atoms with van der Waals surface area (Å²) < 4.78 is 11.9. The Bertz CT molecular complexity index is 654. The van der Waals surface area contributed by atoms with E-state index >= 15 is 0 Å². The van der Waals surface area contributed by atoms with E-state index in [2.05, 4.69) is 60.1 Å². The van der Waals surface area contributed by atoms with Crippen LogP contribution in [0.5, 0.6) is 11.5 Å². The number of rotatable bonds is 13. The minimum absolute atomic E-state index is 0.790. The molecule has 3 heteroatoms. The van der Waals surface area contributed by atoms with E-state index in [4.69, 9.17) is 9.47 Å². The largest absolute Gasteiger partial charge is 0.494 e. The highest BCUT2D eigenvalue weighted by atomic mass is 79.9. The molecular formula is C23H33BrO2. The molecule has 0 aromatic heterocycles. The fourth-order valence-electron chi connectivity index (χ4n) is 3.11. The lowest BCUT2D eigenvalue weighted by Crippen LogP contribution is -2.00. The Morgan fingerprint density at radius 2 is 1.54 bits per heavy atom. The number of hydrogen-bond donors (Lipinski definition) is 0. The van der Waals surface area contributed by atoms with Gasteiger partial charge < -0.3 is 9.47 Å². The van der Waals surface area contributed by atoms with Crippen LogP contribution in [-0.4, -0.2) is 18.5 Å². The first-order chi connectivity index (χ1) is 12.8. The number of unbranched alkanes of at least 4 members (excludes halogenated alkanes) is 6. The van der Waals surface area contributed by atoms with Gasteiger partial charge in [-0.05, 0) is 60.7 Å². The quantitative estimate of drug-likeness (QED) is 0.247. The Labute approximate surface area is 167 Å². The van der Waals surface area contributed by atoms with Crippen molar-refractivity contribution in [1.82, 2.24) is 0 Å². The molecule has 0 fully saturated rings. The van der Waals surface area contributed by atoms with Gasteiger partial charge in [0.2, 0.25) is 0 Å².